The third kappa shape index (κ3) is 6.88. The van der Waals surface area contributed by atoms with Gasteiger partial charge in [0.05, 0.1) is 18.0 Å². The van der Waals surface area contributed by atoms with E-state index in [0.717, 1.165) is 38.0 Å². The zero-order valence-corrected chi connectivity index (χ0v) is 28.5. The van der Waals surface area contributed by atoms with E-state index >= 15 is 0 Å². The summed E-state index contributed by atoms with van der Waals surface area (Å²) in [6, 6.07) is 8.80. The van der Waals surface area contributed by atoms with E-state index in [0.29, 0.717) is 66.2 Å². The highest BCUT2D eigenvalue weighted by Crippen LogP contribution is 2.38. The largest absolute Gasteiger partial charge is 0.497 e. The molecule has 2 fully saturated rings. The number of aromatic nitrogens is 1. The molecule has 3 atom stereocenters. The molecule has 0 radical (unpaired) electrons. The fraction of sp³-hybridized carbons (Fsp3) is 0.676. The van der Waals surface area contributed by atoms with E-state index in [1.165, 1.54) is 19.3 Å². The molecule has 0 N–H and O–H groups in total. The highest BCUT2D eigenvalue weighted by atomic mass is 32.2. The highest BCUT2D eigenvalue weighted by molar-refractivity contribution is 7.89. The molecular weight excluding hydrogens is 574 g/mol. The summed E-state index contributed by atoms with van der Waals surface area (Å²) < 4.78 is 37.6. The summed E-state index contributed by atoms with van der Waals surface area (Å²) in [4.78, 5) is 20.9. The van der Waals surface area contributed by atoms with Crippen molar-refractivity contribution in [3.05, 3.63) is 47.3 Å². The van der Waals surface area contributed by atoms with Gasteiger partial charge < -0.3 is 24.0 Å². The normalized spacial score (nSPS) is 23.9. The van der Waals surface area contributed by atoms with Crippen LogP contribution in [-0.2, 0) is 21.4 Å². The monoisotopic (exact) mass is 627 g/mol. The summed E-state index contributed by atoms with van der Waals surface area (Å²) in [6.07, 6.45) is 10.6. The van der Waals surface area contributed by atoms with Gasteiger partial charge in [0.2, 0.25) is 15.9 Å². The predicted molar refractivity (Wildman–Crippen MR) is 174 cm³/mol. The molecule has 2 aliphatic heterocycles. The first-order chi connectivity index (χ1) is 21.0. The number of amides is 1. The minimum absolute atomic E-state index is 0.171. The number of piperidine rings is 1. The van der Waals surface area contributed by atoms with Crippen molar-refractivity contribution in [1.29, 1.82) is 0 Å². The molecule has 0 bridgehead atoms. The second-order valence-electron chi connectivity index (χ2n) is 13.5. The third-order valence-electron chi connectivity index (χ3n) is 10.5. The van der Waals surface area contributed by atoms with Gasteiger partial charge in [-0.25, -0.2) is 8.42 Å². The van der Waals surface area contributed by atoms with E-state index in [4.69, 9.17) is 4.74 Å². The molecule has 3 heterocycles. The lowest BCUT2D eigenvalue weighted by Gasteiger charge is -2.44. The van der Waals surface area contributed by atoms with Gasteiger partial charge >= 0.3 is 0 Å². The maximum atomic E-state index is 14.2. The molecule has 0 spiro atoms. The average Bonchev–Trinajstić information content (AvgIpc) is 3.49. The van der Waals surface area contributed by atoms with E-state index in [1.807, 2.05) is 44.1 Å². The van der Waals surface area contributed by atoms with Crippen LogP contribution in [0.3, 0.4) is 0 Å². The molecule has 44 heavy (non-hydrogen) atoms. The number of carbonyl (C=O) groups excluding carboxylic acids is 1. The number of ether oxygens (including phenoxy) is 1. The quantitative estimate of drug-likeness (QED) is 0.376. The SMILES string of the molecule is COc1cc(C)c(S(=O)(=O)N2CCn3cccc3C2CCCC(=O)N(C)[C@@H]2CCC[C@H](N3CCC(N(C)C)CC3)C2)c(C)c1. The second kappa shape index (κ2) is 13.9. The molecule has 2 aromatic rings. The number of hydrogen-bond donors (Lipinski definition) is 0. The van der Waals surface area contributed by atoms with Crippen LogP contribution in [0.4, 0.5) is 0 Å². The van der Waals surface area contributed by atoms with Gasteiger partial charge in [-0.2, -0.15) is 4.31 Å². The fourth-order valence-corrected chi connectivity index (χ4v) is 10.0. The first-order valence-electron chi connectivity index (χ1n) is 16.5. The van der Waals surface area contributed by atoms with Crippen molar-refractivity contribution in [2.45, 2.75) is 107 Å². The number of nitrogens with zero attached hydrogens (tertiary/aromatic N) is 5. The number of sulfonamides is 1. The first-order valence-corrected chi connectivity index (χ1v) is 17.9. The molecule has 1 aromatic heterocycles. The molecule has 9 nitrogen and oxygen atoms in total. The topological polar surface area (TPSA) is 78.3 Å². The van der Waals surface area contributed by atoms with Gasteiger partial charge in [-0.05, 0) is 128 Å². The van der Waals surface area contributed by atoms with Crippen molar-refractivity contribution in [3.8, 4) is 5.75 Å². The lowest BCUT2D eigenvalue weighted by molar-refractivity contribution is -0.133. The summed E-state index contributed by atoms with van der Waals surface area (Å²) >= 11 is 0. The summed E-state index contributed by atoms with van der Waals surface area (Å²) in [7, 11) is 4.17. The number of hydrogen-bond acceptors (Lipinski definition) is 6. The molecule has 1 amide bonds. The number of rotatable bonds is 10. The molecule has 1 aliphatic carbocycles. The van der Waals surface area contributed by atoms with E-state index in [-0.39, 0.29) is 18.0 Å². The van der Waals surface area contributed by atoms with Gasteiger partial charge in [-0.15, -0.1) is 0 Å². The van der Waals surface area contributed by atoms with Crippen molar-refractivity contribution >= 4 is 15.9 Å². The molecule has 244 valence electrons. The Labute approximate surface area is 265 Å². The lowest BCUT2D eigenvalue weighted by Crippen LogP contribution is -2.50. The Balaban J connectivity index is 1.22. The van der Waals surface area contributed by atoms with Gasteiger partial charge in [0, 0.05) is 56.6 Å². The zero-order chi connectivity index (χ0) is 31.6. The molecule has 1 unspecified atom stereocenters. The van der Waals surface area contributed by atoms with Crippen molar-refractivity contribution in [1.82, 2.24) is 23.6 Å². The van der Waals surface area contributed by atoms with Crippen LogP contribution in [0.2, 0.25) is 0 Å². The smallest absolute Gasteiger partial charge is 0.244 e. The van der Waals surface area contributed by atoms with Crippen LogP contribution >= 0.6 is 0 Å². The van der Waals surface area contributed by atoms with Gasteiger partial charge in [0.1, 0.15) is 5.75 Å². The Hall–Kier alpha value is -2.40. The van der Waals surface area contributed by atoms with Crippen LogP contribution in [-0.4, -0.2) is 104 Å². The van der Waals surface area contributed by atoms with Crippen LogP contribution in [0.15, 0.2) is 35.4 Å². The van der Waals surface area contributed by atoms with Gasteiger partial charge in [0.25, 0.3) is 0 Å². The Morgan fingerprint density at radius 1 is 0.977 bits per heavy atom. The van der Waals surface area contributed by atoms with E-state index in [9.17, 15) is 13.2 Å². The number of methoxy groups -OCH3 is 1. The Kier molecular flexibility index (Phi) is 10.4. The fourth-order valence-electron chi connectivity index (χ4n) is 7.99. The molecule has 1 aromatic carbocycles. The van der Waals surface area contributed by atoms with Crippen LogP contribution < -0.4 is 4.74 Å². The summed E-state index contributed by atoms with van der Waals surface area (Å²) in [5, 5.41) is 0. The van der Waals surface area contributed by atoms with E-state index in [2.05, 4.69) is 28.5 Å². The summed E-state index contributed by atoms with van der Waals surface area (Å²) in [5.41, 5.74) is 2.37. The Bertz CT molecular complexity index is 1380. The van der Waals surface area contributed by atoms with Crippen molar-refractivity contribution in [2.24, 2.45) is 0 Å². The molecule has 1 saturated heterocycles. The highest BCUT2D eigenvalue weighted by Gasteiger charge is 2.38. The standard InChI is InChI=1S/C34H53N5O4S/c1-25-22-30(43-6)23-26(2)34(25)44(41,42)39-21-20-38-17-9-13-31(38)32(39)12-8-14-33(40)36(5)28-10-7-11-29(24-28)37-18-15-27(16-19-37)35(3)4/h9,13,17,22-23,27-29,32H,7-8,10-12,14-16,18-21,24H2,1-6H3/t28-,29+,32?/m1/s1. The molecule has 5 rings (SSSR count). The van der Waals surface area contributed by atoms with Crippen molar-refractivity contribution in [2.75, 3.05) is 47.9 Å². The average molecular weight is 628 g/mol. The minimum Gasteiger partial charge on any atom is -0.497 e. The van der Waals surface area contributed by atoms with Gasteiger partial charge in [-0.3, -0.25) is 4.79 Å². The summed E-state index contributed by atoms with van der Waals surface area (Å²) in [5.74, 6) is 0.827. The number of benzene rings is 1. The molecule has 3 aliphatic rings. The van der Waals surface area contributed by atoms with E-state index in [1.54, 1.807) is 23.5 Å². The molecular formula is C34H53N5O4S. The number of fused-ring (bicyclic) bond motifs is 1. The van der Waals surface area contributed by atoms with Gasteiger partial charge in [0.15, 0.2) is 0 Å². The molecule has 1 saturated carbocycles. The number of likely N-dealkylation sites (tertiary alicyclic amines) is 1. The zero-order valence-electron chi connectivity index (χ0n) is 27.7. The van der Waals surface area contributed by atoms with Crippen LogP contribution in [0.1, 0.15) is 80.7 Å². The van der Waals surface area contributed by atoms with Crippen molar-refractivity contribution < 1.29 is 17.9 Å². The molecule has 10 heteroatoms. The predicted octanol–water partition coefficient (Wildman–Crippen LogP) is 4.83. The first kappa shape index (κ1) is 33.0. The van der Waals surface area contributed by atoms with Crippen molar-refractivity contribution in [3.63, 3.8) is 0 Å². The van der Waals surface area contributed by atoms with E-state index < -0.39 is 10.0 Å². The van der Waals surface area contributed by atoms with Crippen LogP contribution in [0, 0.1) is 13.8 Å². The maximum Gasteiger partial charge on any atom is 0.244 e. The Morgan fingerprint density at radius 3 is 2.34 bits per heavy atom. The van der Waals surface area contributed by atoms with Crippen LogP contribution in [0.25, 0.3) is 0 Å². The Morgan fingerprint density at radius 2 is 1.68 bits per heavy atom. The maximum absolute atomic E-state index is 14.2. The van der Waals surface area contributed by atoms with Gasteiger partial charge in [-0.1, -0.05) is 0 Å². The second-order valence-corrected chi connectivity index (χ2v) is 15.3. The lowest BCUT2D eigenvalue weighted by atomic mass is 9.87. The number of carbonyl (C=O) groups is 1. The minimum atomic E-state index is -3.77. The third-order valence-corrected chi connectivity index (χ3v) is 12.7. The van der Waals surface area contributed by atoms with Crippen LogP contribution in [0.5, 0.6) is 5.75 Å². The summed E-state index contributed by atoms with van der Waals surface area (Å²) in [6.45, 7) is 6.98. The number of aryl methyl sites for hydroxylation is 2.